The molecule has 1 aliphatic rings. The maximum atomic E-state index is 11.7. The summed E-state index contributed by atoms with van der Waals surface area (Å²) in [4.78, 5) is 23.7. The lowest BCUT2D eigenvalue weighted by molar-refractivity contribution is -0.393. The van der Waals surface area contributed by atoms with Crippen LogP contribution in [0.1, 0.15) is 38.8 Å². The SMILES string of the molecule is Cc1c(CO)cc([N+](=O)[O-])c(N2CC(C)(C)OC(C)(C)C2)c1[N+](=O)[O-]. The summed E-state index contributed by atoms with van der Waals surface area (Å²) in [5.74, 6) is 0. The second kappa shape index (κ2) is 6.23. The van der Waals surface area contributed by atoms with Gasteiger partial charge < -0.3 is 14.7 Å². The summed E-state index contributed by atoms with van der Waals surface area (Å²) in [6.07, 6.45) is 0. The van der Waals surface area contributed by atoms with E-state index in [1.165, 1.54) is 13.0 Å². The van der Waals surface area contributed by atoms with Crippen molar-refractivity contribution < 1.29 is 19.7 Å². The molecule has 1 saturated heterocycles. The van der Waals surface area contributed by atoms with Crippen LogP contribution in [0.4, 0.5) is 17.1 Å². The number of aliphatic hydroxyl groups excluding tert-OH is 1. The van der Waals surface area contributed by atoms with Gasteiger partial charge in [0, 0.05) is 24.7 Å². The standard InChI is InChI=1S/C16H23N3O6/c1-10-11(7-20)6-12(18(21)22)14(13(10)19(23)24)17-8-15(2,3)25-16(4,5)9-17/h6,20H,7-9H2,1-5H3. The highest BCUT2D eigenvalue weighted by molar-refractivity contribution is 5.79. The zero-order valence-corrected chi connectivity index (χ0v) is 15.0. The van der Waals surface area contributed by atoms with Crippen molar-refractivity contribution in [1.29, 1.82) is 0 Å². The number of hydrogen-bond donors (Lipinski definition) is 1. The highest BCUT2D eigenvalue weighted by Gasteiger charge is 2.43. The van der Waals surface area contributed by atoms with Crippen molar-refractivity contribution in [3.8, 4) is 0 Å². The van der Waals surface area contributed by atoms with Gasteiger partial charge in [-0.25, -0.2) is 0 Å². The van der Waals surface area contributed by atoms with Crippen molar-refractivity contribution in [1.82, 2.24) is 0 Å². The van der Waals surface area contributed by atoms with Gasteiger partial charge in [-0.3, -0.25) is 20.2 Å². The van der Waals surface area contributed by atoms with E-state index in [9.17, 15) is 25.3 Å². The van der Waals surface area contributed by atoms with Crippen LogP contribution >= 0.6 is 0 Å². The van der Waals surface area contributed by atoms with Crippen LogP contribution in [-0.4, -0.2) is 39.2 Å². The lowest BCUT2D eigenvalue weighted by Crippen LogP contribution is -2.57. The zero-order chi connectivity index (χ0) is 19.2. The molecule has 0 bridgehead atoms. The molecule has 9 nitrogen and oxygen atoms in total. The minimum absolute atomic E-state index is 0.0332. The van der Waals surface area contributed by atoms with E-state index < -0.39 is 27.7 Å². The first-order chi connectivity index (χ1) is 11.4. The van der Waals surface area contributed by atoms with E-state index in [2.05, 4.69) is 0 Å². The number of ether oxygens (including phenoxy) is 1. The van der Waals surface area contributed by atoms with Gasteiger partial charge in [-0.2, -0.15) is 0 Å². The van der Waals surface area contributed by atoms with Gasteiger partial charge in [-0.15, -0.1) is 0 Å². The largest absolute Gasteiger partial charge is 0.392 e. The molecule has 0 unspecified atom stereocenters. The fraction of sp³-hybridized carbons (Fsp3) is 0.625. The quantitative estimate of drug-likeness (QED) is 0.653. The van der Waals surface area contributed by atoms with Gasteiger partial charge >= 0.3 is 5.69 Å². The zero-order valence-electron chi connectivity index (χ0n) is 15.0. The van der Waals surface area contributed by atoms with Crippen LogP contribution in [0.3, 0.4) is 0 Å². The summed E-state index contributed by atoms with van der Waals surface area (Å²) in [5.41, 5.74) is -1.61. The molecule has 1 fully saturated rings. The van der Waals surface area contributed by atoms with Crippen molar-refractivity contribution in [3.05, 3.63) is 37.4 Å². The summed E-state index contributed by atoms with van der Waals surface area (Å²) in [6.45, 7) is 8.90. The van der Waals surface area contributed by atoms with E-state index in [0.717, 1.165) is 0 Å². The third-order valence-electron chi connectivity index (χ3n) is 4.18. The van der Waals surface area contributed by atoms with E-state index in [0.29, 0.717) is 0 Å². The normalized spacial score (nSPS) is 18.9. The monoisotopic (exact) mass is 353 g/mol. The molecule has 9 heteroatoms. The number of nitro groups is 2. The number of anilines is 1. The first-order valence-electron chi connectivity index (χ1n) is 7.90. The van der Waals surface area contributed by atoms with Crippen molar-refractivity contribution in [2.45, 2.75) is 52.4 Å². The lowest BCUT2D eigenvalue weighted by Gasteiger charge is -2.47. The Bertz CT molecular complexity index is 713. The summed E-state index contributed by atoms with van der Waals surface area (Å²) in [6, 6.07) is 1.22. The van der Waals surface area contributed by atoms with E-state index >= 15 is 0 Å². The van der Waals surface area contributed by atoms with Gasteiger partial charge in [0.2, 0.25) is 0 Å². The highest BCUT2D eigenvalue weighted by Crippen LogP contribution is 2.44. The molecule has 1 aromatic rings. The molecule has 25 heavy (non-hydrogen) atoms. The van der Waals surface area contributed by atoms with Gasteiger partial charge in [0.15, 0.2) is 5.69 Å². The molecule has 0 radical (unpaired) electrons. The Morgan fingerprint density at radius 2 is 1.68 bits per heavy atom. The Kier molecular flexibility index (Phi) is 4.75. The average Bonchev–Trinajstić information content (AvgIpc) is 2.42. The number of benzene rings is 1. The number of aliphatic hydroxyl groups is 1. The minimum atomic E-state index is -0.642. The molecule has 0 aromatic heterocycles. The Labute approximate surface area is 145 Å². The molecule has 0 saturated carbocycles. The maximum absolute atomic E-state index is 11.7. The van der Waals surface area contributed by atoms with Crippen LogP contribution in [0.5, 0.6) is 0 Å². The van der Waals surface area contributed by atoms with Gasteiger partial charge in [0.25, 0.3) is 5.69 Å². The van der Waals surface area contributed by atoms with Gasteiger partial charge in [-0.1, -0.05) is 0 Å². The third kappa shape index (κ3) is 3.72. The van der Waals surface area contributed by atoms with Crippen molar-refractivity contribution in [2.75, 3.05) is 18.0 Å². The minimum Gasteiger partial charge on any atom is -0.392 e. The highest BCUT2D eigenvalue weighted by atomic mass is 16.6. The number of hydrogen-bond acceptors (Lipinski definition) is 7. The average molecular weight is 353 g/mol. The molecule has 1 heterocycles. The predicted molar refractivity (Wildman–Crippen MR) is 91.9 cm³/mol. The lowest BCUT2D eigenvalue weighted by atomic mass is 9.96. The topological polar surface area (TPSA) is 119 Å². The molecule has 138 valence electrons. The Hall–Kier alpha value is -2.26. The van der Waals surface area contributed by atoms with Crippen molar-refractivity contribution >= 4 is 17.1 Å². The molecule has 0 amide bonds. The number of rotatable bonds is 4. The van der Waals surface area contributed by atoms with Crippen molar-refractivity contribution in [2.24, 2.45) is 0 Å². The first kappa shape index (κ1) is 19.1. The molecule has 1 aliphatic heterocycles. The number of nitro benzene ring substituents is 2. The predicted octanol–water partition coefficient (Wildman–Crippen LogP) is 2.70. The van der Waals surface area contributed by atoms with Crippen LogP contribution < -0.4 is 4.90 Å². The summed E-state index contributed by atoms with van der Waals surface area (Å²) >= 11 is 0. The molecule has 0 atom stereocenters. The molecule has 1 aromatic carbocycles. The molecule has 2 rings (SSSR count). The van der Waals surface area contributed by atoms with Crippen LogP contribution in [0.15, 0.2) is 6.07 Å². The summed E-state index contributed by atoms with van der Waals surface area (Å²) in [7, 11) is 0. The van der Waals surface area contributed by atoms with Crippen LogP contribution in [0.2, 0.25) is 0 Å². The smallest absolute Gasteiger partial charge is 0.302 e. The summed E-state index contributed by atoms with van der Waals surface area (Å²) in [5, 5.41) is 32.7. The second-order valence-corrected chi connectivity index (χ2v) is 7.53. The van der Waals surface area contributed by atoms with Gasteiger partial charge in [-0.05, 0) is 40.2 Å². The number of nitrogens with zero attached hydrogens (tertiary/aromatic N) is 3. The van der Waals surface area contributed by atoms with Crippen molar-refractivity contribution in [3.63, 3.8) is 0 Å². The molecular formula is C16H23N3O6. The molecular weight excluding hydrogens is 330 g/mol. The van der Waals surface area contributed by atoms with Gasteiger partial charge in [0.05, 0.1) is 27.7 Å². The molecule has 0 spiro atoms. The Morgan fingerprint density at radius 1 is 1.16 bits per heavy atom. The fourth-order valence-electron chi connectivity index (χ4n) is 3.58. The van der Waals surface area contributed by atoms with Crippen LogP contribution in [0, 0.1) is 27.2 Å². The van der Waals surface area contributed by atoms with Crippen LogP contribution in [0.25, 0.3) is 0 Å². The Morgan fingerprint density at radius 3 is 2.08 bits per heavy atom. The van der Waals surface area contributed by atoms with Gasteiger partial charge in [0.1, 0.15) is 0 Å². The van der Waals surface area contributed by atoms with E-state index in [4.69, 9.17) is 4.74 Å². The number of morpholine rings is 1. The fourth-order valence-corrected chi connectivity index (χ4v) is 3.58. The third-order valence-corrected chi connectivity index (χ3v) is 4.18. The van der Waals surface area contributed by atoms with E-state index in [1.807, 2.05) is 27.7 Å². The van der Waals surface area contributed by atoms with Crippen LogP contribution in [-0.2, 0) is 11.3 Å². The summed E-state index contributed by atoms with van der Waals surface area (Å²) < 4.78 is 5.97. The molecule has 0 aliphatic carbocycles. The first-order valence-corrected chi connectivity index (χ1v) is 7.90. The van der Waals surface area contributed by atoms with E-state index in [1.54, 1.807) is 4.90 Å². The second-order valence-electron chi connectivity index (χ2n) is 7.53. The van der Waals surface area contributed by atoms with E-state index in [-0.39, 0.29) is 41.3 Å². The maximum Gasteiger partial charge on any atom is 0.302 e. The molecule has 1 N–H and O–H groups in total. The Balaban J connectivity index is 2.76.